The lowest BCUT2D eigenvalue weighted by atomic mass is 9.84. The quantitative estimate of drug-likeness (QED) is 0.813. The average Bonchev–Trinajstić information content (AvgIpc) is 2.99. The fraction of sp³-hybridized carbons (Fsp3) is 0.867. The summed E-state index contributed by atoms with van der Waals surface area (Å²) in [6.07, 6.45) is 3.91. The van der Waals surface area contributed by atoms with Crippen LogP contribution >= 0.6 is 0 Å². The van der Waals surface area contributed by atoms with Gasteiger partial charge in [0.05, 0.1) is 5.92 Å². The first-order chi connectivity index (χ1) is 9.49. The highest BCUT2D eigenvalue weighted by molar-refractivity contribution is 5.78. The lowest BCUT2D eigenvalue weighted by Crippen LogP contribution is -2.53. The van der Waals surface area contributed by atoms with Gasteiger partial charge in [-0.05, 0) is 51.4 Å². The summed E-state index contributed by atoms with van der Waals surface area (Å²) < 4.78 is 0. The van der Waals surface area contributed by atoms with Crippen LogP contribution in [0.1, 0.15) is 46.5 Å². The van der Waals surface area contributed by atoms with E-state index in [1.807, 2.05) is 13.8 Å². The van der Waals surface area contributed by atoms with Crippen LogP contribution in [-0.2, 0) is 4.79 Å². The summed E-state index contributed by atoms with van der Waals surface area (Å²) >= 11 is 0. The van der Waals surface area contributed by atoms with Gasteiger partial charge in [-0.25, -0.2) is 4.79 Å². The molecule has 0 saturated heterocycles. The Bertz CT molecular complexity index is 385. The van der Waals surface area contributed by atoms with Gasteiger partial charge < -0.3 is 15.3 Å². The third-order valence-electron chi connectivity index (χ3n) is 5.22. The Morgan fingerprint density at radius 1 is 1.30 bits per heavy atom. The van der Waals surface area contributed by atoms with E-state index in [9.17, 15) is 14.7 Å². The molecule has 0 radical (unpaired) electrons. The summed E-state index contributed by atoms with van der Waals surface area (Å²) in [5.41, 5.74) is 0. The van der Waals surface area contributed by atoms with Crippen molar-refractivity contribution in [3.05, 3.63) is 0 Å². The molecule has 0 aliphatic heterocycles. The highest BCUT2D eigenvalue weighted by atomic mass is 16.4. The normalized spacial score (nSPS) is 33.0. The lowest BCUT2D eigenvalue weighted by molar-refractivity contribution is -0.144. The second-order valence-electron chi connectivity index (χ2n) is 6.22. The van der Waals surface area contributed by atoms with E-state index in [2.05, 4.69) is 12.2 Å². The number of hydrogen-bond acceptors (Lipinski definition) is 2. The molecule has 5 heteroatoms. The van der Waals surface area contributed by atoms with E-state index < -0.39 is 11.9 Å². The van der Waals surface area contributed by atoms with Crippen LogP contribution in [0, 0.1) is 17.8 Å². The number of carbonyl (C=O) groups excluding carboxylic acids is 1. The molecule has 5 unspecified atom stereocenters. The largest absolute Gasteiger partial charge is 0.481 e. The number of carbonyl (C=O) groups is 2. The molecule has 5 atom stereocenters. The van der Waals surface area contributed by atoms with Gasteiger partial charge in [-0.1, -0.05) is 6.92 Å². The number of amides is 2. The van der Waals surface area contributed by atoms with E-state index in [1.165, 1.54) is 0 Å². The molecule has 114 valence electrons. The van der Waals surface area contributed by atoms with Crippen LogP contribution in [0.4, 0.5) is 4.79 Å². The predicted molar refractivity (Wildman–Crippen MR) is 76.4 cm³/mol. The second kappa shape index (κ2) is 6.02. The minimum atomic E-state index is -0.755. The maximum atomic E-state index is 12.4. The SMILES string of the molecule is CCC(C)N(CC)C(=O)NC1C2CCC(C2)C1C(=O)O. The van der Waals surface area contributed by atoms with Crippen molar-refractivity contribution < 1.29 is 14.7 Å². The Labute approximate surface area is 120 Å². The molecule has 2 rings (SSSR count). The van der Waals surface area contributed by atoms with Gasteiger partial charge in [-0.2, -0.15) is 0 Å². The summed E-state index contributed by atoms with van der Waals surface area (Å²) in [5, 5.41) is 12.4. The number of hydrogen-bond donors (Lipinski definition) is 2. The highest BCUT2D eigenvalue weighted by Gasteiger charge is 2.51. The molecule has 5 nitrogen and oxygen atoms in total. The molecule has 2 N–H and O–H groups in total. The van der Waals surface area contributed by atoms with Crippen LogP contribution in [0.3, 0.4) is 0 Å². The number of nitrogens with zero attached hydrogens (tertiary/aromatic N) is 1. The smallest absolute Gasteiger partial charge is 0.317 e. The van der Waals surface area contributed by atoms with Gasteiger partial charge in [-0.3, -0.25) is 4.79 Å². The van der Waals surface area contributed by atoms with Crippen molar-refractivity contribution in [3.63, 3.8) is 0 Å². The van der Waals surface area contributed by atoms with Crippen molar-refractivity contribution >= 4 is 12.0 Å². The molecule has 0 aromatic carbocycles. The molecule has 2 bridgehead atoms. The lowest BCUT2D eigenvalue weighted by Gasteiger charge is -2.33. The zero-order chi connectivity index (χ0) is 14.9. The van der Waals surface area contributed by atoms with Crippen molar-refractivity contribution in [2.45, 2.75) is 58.5 Å². The molecule has 2 saturated carbocycles. The zero-order valence-electron chi connectivity index (χ0n) is 12.6. The number of aliphatic carboxylic acids is 1. The van der Waals surface area contributed by atoms with E-state index in [1.54, 1.807) is 4.90 Å². The molecule has 2 aliphatic rings. The van der Waals surface area contributed by atoms with Crippen LogP contribution in [0.5, 0.6) is 0 Å². The van der Waals surface area contributed by atoms with Gasteiger partial charge in [0.25, 0.3) is 0 Å². The Hall–Kier alpha value is -1.26. The van der Waals surface area contributed by atoms with Crippen LogP contribution in [0.15, 0.2) is 0 Å². The number of carboxylic acid groups (broad SMARTS) is 1. The molecule has 2 fully saturated rings. The minimum absolute atomic E-state index is 0.106. The molecule has 2 amide bonds. The first-order valence-corrected chi connectivity index (χ1v) is 7.79. The van der Waals surface area contributed by atoms with Crippen LogP contribution in [0.2, 0.25) is 0 Å². The number of fused-ring (bicyclic) bond motifs is 2. The summed E-state index contributed by atoms with van der Waals surface area (Å²) in [6, 6.07) is -0.107. The maximum Gasteiger partial charge on any atom is 0.317 e. The fourth-order valence-corrected chi connectivity index (χ4v) is 3.96. The summed E-state index contributed by atoms with van der Waals surface area (Å²) in [6.45, 7) is 6.69. The van der Waals surface area contributed by atoms with Gasteiger partial charge >= 0.3 is 12.0 Å². The third-order valence-corrected chi connectivity index (χ3v) is 5.22. The second-order valence-corrected chi connectivity index (χ2v) is 6.22. The topological polar surface area (TPSA) is 69.6 Å². The fourth-order valence-electron chi connectivity index (χ4n) is 3.96. The van der Waals surface area contributed by atoms with Crippen LogP contribution in [0.25, 0.3) is 0 Å². The predicted octanol–water partition coefficient (Wildman–Crippen LogP) is 2.32. The summed E-state index contributed by atoms with van der Waals surface area (Å²) in [5.74, 6) is -0.551. The Morgan fingerprint density at radius 3 is 2.50 bits per heavy atom. The molecule has 0 aromatic rings. The van der Waals surface area contributed by atoms with E-state index in [-0.39, 0.29) is 24.0 Å². The summed E-state index contributed by atoms with van der Waals surface area (Å²) in [4.78, 5) is 25.6. The van der Waals surface area contributed by atoms with Gasteiger partial charge in [0.2, 0.25) is 0 Å². The van der Waals surface area contributed by atoms with E-state index in [0.717, 1.165) is 25.7 Å². The van der Waals surface area contributed by atoms with E-state index >= 15 is 0 Å². The third kappa shape index (κ3) is 2.63. The number of urea groups is 1. The molecule has 20 heavy (non-hydrogen) atoms. The van der Waals surface area contributed by atoms with Gasteiger partial charge in [0.1, 0.15) is 0 Å². The summed E-state index contributed by atoms with van der Waals surface area (Å²) in [7, 11) is 0. The van der Waals surface area contributed by atoms with Gasteiger partial charge in [-0.15, -0.1) is 0 Å². The molecular formula is C15H26N2O3. The van der Waals surface area contributed by atoms with Crippen molar-refractivity contribution in [2.75, 3.05) is 6.54 Å². The van der Waals surface area contributed by atoms with Crippen LogP contribution in [-0.4, -0.2) is 40.6 Å². The maximum absolute atomic E-state index is 12.4. The van der Waals surface area contributed by atoms with Crippen molar-refractivity contribution in [1.29, 1.82) is 0 Å². The van der Waals surface area contributed by atoms with Crippen molar-refractivity contribution in [2.24, 2.45) is 17.8 Å². The van der Waals surface area contributed by atoms with Crippen LogP contribution < -0.4 is 5.32 Å². The van der Waals surface area contributed by atoms with Gasteiger partial charge in [0, 0.05) is 18.6 Å². The monoisotopic (exact) mass is 282 g/mol. The number of nitrogens with one attached hydrogen (secondary N) is 1. The molecule has 0 spiro atoms. The average molecular weight is 282 g/mol. The number of carboxylic acids is 1. The zero-order valence-corrected chi connectivity index (χ0v) is 12.6. The van der Waals surface area contributed by atoms with Gasteiger partial charge in [0.15, 0.2) is 0 Å². The molecule has 0 aromatic heterocycles. The first kappa shape index (κ1) is 15.1. The standard InChI is InChI=1S/C15H26N2O3/c1-4-9(3)17(5-2)15(20)16-13-11-7-6-10(8-11)12(13)14(18)19/h9-13H,4-8H2,1-3H3,(H,16,20)(H,18,19). The van der Waals surface area contributed by atoms with Crippen molar-refractivity contribution in [3.8, 4) is 0 Å². The Kier molecular flexibility index (Phi) is 4.55. The first-order valence-electron chi connectivity index (χ1n) is 7.79. The molecule has 2 aliphatic carbocycles. The number of rotatable bonds is 5. The molecule has 0 heterocycles. The van der Waals surface area contributed by atoms with E-state index in [0.29, 0.717) is 12.5 Å². The van der Waals surface area contributed by atoms with Crippen molar-refractivity contribution in [1.82, 2.24) is 10.2 Å². The molecular weight excluding hydrogens is 256 g/mol. The Balaban J connectivity index is 2.04. The highest BCUT2D eigenvalue weighted by Crippen LogP contribution is 2.48. The minimum Gasteiger partial charge on any atom is -0.481 e. The Morgan fingerprint density at radius 2 is 1.95 bits per heavy atom. The van der Waals surface area contributed by atoms with E-state index in [4.69, 9.17) is 0 Å².